The summed E-state index contributed by atoms with van der Waals surface area (Å²) in [5, 5.41) is 10.5. The van der Waals surface area contributed by atoms with E-state index in [1.807, 2.05) is 25.1 Å². The number of fused-ring (bicyclic) bond motifs is 1. The number of ether oxygens (including phenoxy) is 1. The van der Waals surface area contributed by atoms with Crippen LogP contribution in [-0.2, 0) is 4.79 Å². The first-order valence-corrected chi connectivity index (χ1v) is 7.94. The first kappa shape index (κ1) is 13.4. The maximum absolute atomic E-state index is 10.9. The molecule has 0 unspecified atom stereocenters. The monoisotopic (exact) mass is 308 g/mol. The summed E-state index contributed by atoms with van der Waals surface area (Å²) in [6.07, 6.45) is 0. The summed E-state index contributed by atoms with van der Waals surface area (Å²) in [6.45, 7) is 2.57. The van der Waals surface area contributed by atoms with Gasteiger partial charge in [0.2, 0.25) is 0 Å². The normalized spacial score (nSPS) is 18.2. The molecule has 0 radical (unpaired) electrons. The number of carboxylic acids is 1. The van der Waals surface area contributed by atoms with Crippen molar-refractivity contribution >= 4 is 44.3 Å². The molecule has 1 N–H and O–H groups in total. The van der Waals surface area contributed by atoms with Crippen molar-refractivity contribution in [3.63, 3.8) is 0 Å². The van der Waals surface area contributed by atoms with Crippen molar-refractivity contribution in [2.24, 2.45) is 4.99 Å². The van der Waals surface area contributed by atoms with Crippen LogP contribution in [0.5, 0.6) is 5.75 Å². The van der Waals surface area contributed by atoms with Crippen LogP contribution in [0.25, 0.3) is 10.2 Å². The SMILES string of the molecule is CCOc1ccc2nc(C3=N[C@@H](C(=O)O)CS3)sc2c1. The predicted molar refractivity (Wildman–Crippen MR) is 81.2 cm³/mol. The number of hydrogen-bond donors (Lipinski definition) is 1. The first-order chi connectivity index (χ1) is 9.67. The molecule has 1 aromatic heterocycles. The Hall–Kier alpha value is -1.60. The summed E-state index contributed by atoms with van der Waals surface area (Å²) in [7, 11) is 0. The lowest BCUT2D eigenvalue weighted by Gasteiger charge is -2.00. The average molecular weight is 308 g/mol. The zero-order valence-corrected chi connectivity index (χ0v) is 12.3. The Morgan fingerprint density at radius 3 is 3.10 bits per heavy atom. The molecule has 1 aliphatic rings. The van der Waals surface area contributed by atoms with E-state index in [0.29, 0.717) is 12.4 Å². The van der Waals surface area contributed by atoms with E-state index in [4.69, 9.17) is 9.84 Å². The Bertz CT molecular complexity index is 696. The van der Waals surface area contributed by atoms with E-state index >= 15 is 0 Å². The molecule has 0 aliphatic carbocycles. The van der Waals surface area contributed by atoms with E-state index in [-0.39, 0.29) is 0 Å². The van der Waals surface area contributed by atoms with Gasteiger partial charge in [0.1, 0.15) is 15.8 Å². The number of carboxylic acid groups (broad SMARTS) is 1. The number of hydrogen-bond acceptors (Lipinski definition) is 6. The summed E-state index contributed by atoms with van der Waals surface area (Å²) in [5.41, 5.74) is 0.885. The summed E-state index contributed by atoms with van der Waals surface area (Å²) in [5.74, 6) is 0.414. The van der Waals surface area contributed by atoms with Crippen LogP contribution in [0.1, 0.15) is 11.9 Å². The second-order valence-electron chi connectivity index (χ2n) is 4.18. The molecule has 0 saturated carbocycles. The number of thioether (sulfide) groups is 1. The quantitative estimate of drug-likeness (QED) is 0.940. The molecule has 7 heteroatoms. The Morgan fingerprint density at radius 2 is 2.40 bits per heavy atom. The number of benzene rings is 1. The predicted octanol–water partition coefficient (Wildman–Crippen LogP) is 2.64. The molecule has 2 heterocycles. The molecule has 0 fully saturated rings. The van der Waals surface area contributed by atoms with Crippen molar-refractivity contribution in [1.29, 1.82) is 0 Å². The molecular weight excluding hydrogens is 296 g/mol. The van der Waals surface area contributed by atoms with Gasteiger partial charge in [0.15, 0.2) is 6.04 Å². The standard InChI is InChI=1S/C13H12N2O3S2/c1-2-18-7-3-4-8-10(5-7)20-12(14-8)11-15-9(6-19-11)13(16)17/h3-5,9H,2,6H2,1H3,(H,16,17)/t9-/m1/s1. The number of aliphatic carboxylic acids is 1. The number of carbonyl (C=O) groups is 1. The van der Waals surface area contributed by atoms with Crippen molar-refractivity contribution < 1.29 is 14.6 Å². The topological polar surface area (TPSA) is 71.8 Å². The van der Waals surface area contributed by atoms with Crippen LogP contribution in [0.15, 0.2) is 23.2 Å². The van der Waals surface area contributed by atoms with E-state index in [1.54, 1.807) is 0 Å². The van der Waals surface area contributed by atoms with Crippen LogP contribution in [-0.4, -0.2) is 39.5 Å². The van der Waals surface area contributed by atoms with Crippen molar-refractivity contribution in [3.05, 3.63) is 23.2 Å². The molecule has 1 aliphatic heterocycles. The third-order valence-electron chi connectivity index (χ3n) is 2.79. The molecule has 1 atom stereocenters. The average Bonchev–Trinajstić information content (AvgIpc) is 3.05. The summed E-state index contributed by atoms with van der Waals surface area (Å²) in [4.78, 5) is 19.6. The highest BCUT2D eigenvalue weighted by atomic mass is 32.2. The van der Waals surface area contributed by atoms with Crippen LogP contribution in [0, 0.1) is 0 Å². The van der Waals surface area contributed by atoms with E-state index in [9.17, 15) is 4.79 Å². The van der Waals surface area contributed by atoms with Gasteiger partial charge in [0, 0.05) is 5.75 Å². The van der Waals surface area contributed by atoms with Crippen LogP contribution >= 0.6 is 23.1 Å². The van der Waals surface area contributed by atoms with Gasteiger partial charge >= 0.3 is 5.97 Å². The lowest BCUT2D eigenvalue weighted by molar-refractivity contribution is -0.137. The van der Waals surface area contributed by atoms with E-state index in [1.165, 1.54) is 23.1 Å². The highest BCUT2D eigenvalue weighted by molar-refractivity contribution is 8.15. The van der Waals surface area contributed by atoms with Crippen molar-refractivity contribution in [3.8, 4) is 5.75 Å². The zero-order chi connectivity index (χ0) is 14.1. The van der Waals surface area contributed by atoms with Crippen LogP contribution in [0.3, 0.4) is 0 Å². The molecule has 0 bridgehead atoms. The van der Waals surface area contributed by atoms with Crippen LogP contribution in [0.4, 0.5) is 0 Å². The number of aliphatic imine (C=N–C) groups is 1. The molecule has 20 heavy (non-hydrogen) atoms. The Kier molecular flexibility index (Phi) is 3.62. The van der Waals surface area contributed by atoms with E-state index in [2.05, 4.69) is 9.98 Å². The van der Waals surface area contributed by atoms with Crippen molar-refractivity contribution in [2.75, 3.05) is 12.4 Å². The summed E-state index contributed by atoms with van der Waals surface area (Å²) in [6, 6.07) is 5.10. The maximum Gasteiger partial charge on any atom is 0.329 e. The zero-order valence-electron chi connectivity index (χ0n) is 10.7. The number of nitrogens with zero attached hydrogens (tertiary/aromatic N) is 2. The second kappa shape index (κ2) is 5.41. The van der Waals surface area contributed by atoms with Gasteiger partial charge in [-0.15, -0.1) is 23.1 Å². The highest BCUT2D eigenvalue weighted by Crippen LogP contribution is 2.31. The third-order valence-corrected chi connectivity index (χ3v) is 5.00. The van der Waals surface area contributed by atoms with E-state index < -0.39 is 12.0 Å². The smallest absolute Gasteiger partial charge is 0.329 e. The van der Waals surface area contributed by atoms with Crippen molar-refractivity contribution in [1.82, 2.24) is 4.98 Å². The lowest BCUT2D eigenvalue weighted by Crippen LogP contribution is -2.17. The minimum atomic E-state index is -0.882. The third kappa shape index (κ3) is 2.51. The second-order valence-corrected chi connectivity index (χ2v) is 6.22. The largest absolute Gasteiger partial charge is 0.494 e. The Balaban J connectivity index is 1.93. The molecule has 0 amide bonds. The summed E-state index contributed by atoms with van der Waals surface area (Å²) >= 11 is 2.96. The van der Waals surface area contributed by atoms with Gasteiger partial charge in [-0.05, 0) is 25.1 Å². The molecule has 5 nitrogen and oxygen atoms in total. The Labute approximate surface area is 123 Å². The van der Waals surface area contributed by atoms with Gasteiger partial charge in [-0.1, -0.05) is 0 Å². The molecule has 3 rings (SSSR count). The molecule has 0 saturated heterocycles. The van der Waals surface area contributed by atoms with Crippen LogP contribution < -0.4 is 4.74 Å². The van der Waals surface area contributed by atoms with Gasteiger partial charge in [-0.25, -0.2) is 9.78 Å². The first-order valence-electron chi connectivity index (χ1n) is 6.14. The number of rotatable bonds is 4. The Morgan fingerprint density at radius 1 is 1.55 bits per heavy atom. The van der Waals surface area contributed by atoms with Crippen LogP contribution in [0.2, 0.25) is 0 Å². The molecule has 1 aromatic carbocycles. The van der Waals surface area contributed by atoms with Gasteiger partial charge < -0.3 is 9.84 Å². The minimum Gasteiger partial charge on any atom is -0.494 e. The minimum absolute atomic E-state index is 0.477. The van der Waals surface area contributed by atoms with Gasteiger partial charge in [-0.2, -0.15) is 0 Å². The molecular formula is C13H12N2O3S2. The fraction of sp³-hybridized carbons (Fsp3) is 0.308. The molecule has 2 aromatic rings. The highest BCUT2D eigenvalue weighted by Gasteiger charge is 2.26. The van der Waals surface area contributed by atoms with E-state index in [0.717, 1.165) is 26.0 Å². The summed E-state index contributed by atoms with van der Waals surface area (Å²) < 4.78 is 6.48. The number of thiazole rings is 1. The lowest BCUT2D eigenvalue weighted by atomic mass is 10.3. The maximum atomic E-state index is 10.9. The fourth-order valence-electron chi connectivity index (χ4n) is 1.87. The van der Waals surface area contributed by atoms with Gasteiger partial charge in [0.05, 0.1) is 16.8 Å². The van der Waals surface area contributed by atoms with Gasteiger partial charge in [0.25, 0.3) is 0 Å². The number of aromatic nitrogens is 1. The molecule has 104 valence electrons. The van der Waals surface area contributed by atoms with Gasteiger partial charge in [-0.3, -0.25) is 4.99 Å². The fourth-order valence-corrected chi connectivity index (χ4v) is 3.96. The molecule has 0 spiro atoms. The van der Waals surface area contributed by atoms with Crippen molar-refractivity contribution in [2.45, 2.75) is 13.0 Å².